The molecule has 234 valence electrons. The second kappa shape index (κ2) is 17.0. The zero-order chi connectivity index (χ0) is 31.2. The van der Waals surface area contributed by atoms with Crippen LogP contribution in [0, 0.1) is 0 Å². The lowest BCUT2D eigenvalue weighted by Crippen LogP contribution is -2.57. The smallest absolute Gasteiger partial charge is 0.326 e. The van der Waals surface area contributed by atoms with Gasteiger partial charge in [0.25, 0.3) is 0 Å². The van der Waals surface area contributed by atoms with E-state index in [1.807, 2.05) is 24.3 Å². The number of carboxylic acids is 1. The van der Waals surface area contributed by atoms with E-state index in [9.17, 15) is 24.3 Å². The summed E-state index contributed by atoms with van der Waals surface area (Å²) in [6, 6.07) is 3.34. The van der Waals surface area contributed by atoms with Crippen molar-refractivity contribution in [1.29, 1.82) is 0 Å². The molecule has 0 bridgehead atoms. The van der Waals surface area contributed by atoms with E-state index >= 15 is 0 Å². The summed E-state index contributed by atoms with van der Waals surface area (Å²) in [5.41, 5.74) is 19.6. The summed E-state index contributed by atoms with van der Waals surface area (Å²) in [6.45, 7) is 0.805. The molecule has 4 unspecified atom stereocenters. The number of nitrogens with one attached hydrogen (secondary N) is 5. The molecular weight excluding hydrogens is 554 g/mol. The van der Waals surface area contributed by atoms with Crippen molar-refractivity contribution in [3.05, 3.63) is 54.2 Å². The van der Waals surface area contributed by atoms with Gasteiger partial charge in [0.1, 0.15) is 18.1 Å². The fourth-order valence-corrected chi connectivity index (χ4v) is 4.79. The molecule has 3 aromatic rings. The van der Waals surface area contributed by atoms with E-state index in [4.69, 9.17) is 17.2 Å². The number of hydrogen-bond donors (Lipinski definition) is 9. The lowest BCUT2D eigenvalue weighted by molar-refractivity contribution is -0.142. The van der Waals surface area contributed by atoms with E-state index in [-0.39, 0.29) is 25.7 Å². The number of aromatic nitrogens is 3. The minimum absolute atomic E-state index is 0.117. The highest BCUT2D eigenvalue weighted by molar-refractivity contribution is 5.95. The molecule has 4 atom stereocenters. The Morgan fingerprint density at radius 1 is 0.814 bits per heavy atom. The summed E-state index contributed by atoms with van der Waals surface area (Å²) >= 11 is 0. The van der Waals surface area contributed by atoms with Crippen LogP contribution in [0.3, 0.4) is 0 Å². The summed E-state index contributed by atoms with van der Waals surface area (Å²) in [5.74, 6) is -2.95. The molecule has 0 aliphatic carbocycles. The van der Waals surface area contributed by atoms with E-state index in [0.29, 0.717) is 44.5 Å². The van der Waals surface area contributed by atoms with Crippen LogP contribution in [-0.4, -0.2) is 81.0 Å². The van der Waals surface area contributed by atoms with E-state index in [1.165, 1.54) is 6.33 Å². The molecule has 0 aliphatic heterocycles. The lowest BCUT2D eigenvalue weighted by atomic mass is 10.0. The number of nitrogens with zero attached hydrogens (tertiary/aromatic N) is 1. The molecule has 0 radical (unpaired) electrons. The molecule has 1 aromatic carbocycles. The summed E-state index contributed by atoms with van der Waals surface area (Å²) in [7, 11) is 0. The zero-order valence-electron chi connectivity index (χ0n) is 24.2. The largest absolute Gasteiger partial charge is 0.480 e. The number of aliphatic carboxylic acids is 1. The third-order valence-electron chi connectivity index (χ3n) is 7.20. The second-order valence-corrected chi connectivity index (χ2v) is 10.5. The van der Waals surface area contributed by atoms with E-state index in [2.05, 4.69) is 30.9 Å². The van der Waals surface area contributed by atoms with Gasteiger partial charge in [0.2, 0.25) is 17.7 Å². The minimum atomic E-state index is -1.17. The van der Waals surface area contributed by atoms with Crippen LogP contribution in [0.5, 0.6) is 0 Å². The minimum Gasteiger partial charge on any atom is -0.480 e. The van der Waals surface area contributed by atoms with Crippen molar-refractivity contribution in [1.82, 2.24) is 30.9 Å². The molecule has 0 saturated carbocycles. The topological polar surface area (TPSA) is 247 Å². The average molecular weight is 598 g/mol. The van der Waals surface area contributed by atoms with Gasteiger partial charge < -0.3 is 48.2 Å². The number of hydrogen-bond acceptors (Lipinski definition) is 8. The van der Waals surface area contributed by atoms with Crippen LogP contribution in [0.4, 0.5) is 0 Å². The number of unbranched alkanes of at least 4 members (excludes halogenated alkanes) is 2. The van der Waals surface area contributed by atoms with Gasteiger partial charge >= 0.3 is 5.97 Å². The molecule has 0 saturated heterocycles. The van der Waals surface area contributed by atoms with Crippen molar-refractivity contribution in [2.45, 2.75) is 75.5 Å². The van der Waals surface area contributed by atoms with Crippen LogP contribution in [0.15, 0.2) is 43.0 Å². The van der Waals surface area contributed by atoms with Gasteiger partial charge in [-0.3, -0.25) is 14.4 Å². The predicted octanol–water partition coefficient (Wildman–Crippen LogP) is -0.199. The molecule has 0 spiro atoms. The molecule has 14 heteroatoms. The van der Waals surface area contributed by atoms with Crippen LogP contribution < -0.4 is 33.2 Å². The Balaban J connectivity index is 1.80. The number of fused-ring (bicyclic) bond motifs is 1. The Hall–Kier alpha value is -4.27. The SMILES string of the molecule is NCCCCC(NC(=O)C(CCCCN)NC(=O)C(Cc1c[nH]c2ccccc12)NC(=O)C(N)Cc1cnc[nH]1)C(=O)O. The van der Waals surface area contributed by atoms with Gasteiger partial charge in [-0.15, -0.1) is 0 Å². The van der Waals surface area contributed by atoms with Gasteiger partial charge in [0.15, 0.2) is 0 Å². The first-order valence-electron chi connectivity index (χ1n) is 14.5. The number of rotatable bonds is 19. The monoisotopic (exact) mass is 597 g/mol. The van der Waals surface area contributed by atoms with E-state index in [1.54, 1.807) is 12.4 Å². The number of benzene rings is 1. The maximum atomic E-state index is 13.7. The standard InChI is InChI=1S/C29H43N9O5/c30-11-5-3-9-23(27(40)37-24(29(42)43)10-4-6-12-31)36-28(41)25(13-18-15-34-22-8-2-1-7-20(18)22)38-26(39)21(32)14-19-16-33-17-35-19/h1-2,7-8,15-17,21,23-25,34H,3-6,9-14,30-32H2,(H,33,35)(H,36,41)(H,37,40)(H,38,39)(H,42,43). The third-order valence-corrected chi connectivity index (χ3v) is 7.20. The van der Waals surface area contributed by atoms with Crippen LogP contribution in [-0.2, 0) is 32.0 Å². The summed E-state index contributed by atoms with van der Waals surface area (Å²) in [5, 5.41) is 18.6. The first-order valence-corrected chi connectivity index (χ1v) is 14.5. The van der Waals surface area contributed by atoms with Gasteiger partial charge in [0, 0.05) is 41.8 Å². The maximum absolute atomic E-state index is 13.7. The molecule has 0 fully saturated rings. The number of aromatic amines is 2. The third kappa shape index (κ3) is 10.2. The first kappa shape index (κ1) is 33.2. The number of carboxylic acid groups (broad SMARTS) is 1. The van der Waals surface area contributed by atoms with Gasteiger partial charge in [0.05, 0.1) is 12.4 Å². The number of carbonyl (C=O) groups is 4. The van der Waals surface area contributed by atoms with Crippen LogP contribution in [0.25, 0.3) is 10.9 Å². The van der Waals surface area contributed by atoms with Gasteiger partial charge in [-0.25, -0.2) is 9.78 Å². The van der Waals surface area contributed by atoms with Crippen molar-refractivity contribution in [3.8, 4) is 0 Å². The average Bonchev–Trinajstić information content (AvgIpc) is 3.65. The van der Waals surface area contributed by atoms with Gasteiger partial charge in [-0.2, -0.15) is 0 Å². The molecule has 2 aromatic heterocycles. The number of amides is 3. The van der Waals surface area contributed by atoms with Crippen LogP contribution >= 0.6 is 0 Å². The fourth-order valence-electron chi connectivity index (χ4n) is 4.79. The highest BCUT2D eigenvalue weighted by Crippen LogP contribution is 2.19. The number of nitrogens with two attached hydrogens (primary N) is 3. The normalized spacial score (nSPS) is 14.0. The second-order valence-electron chi connectivity index (χ2n) is 10.5. The molecule has 3 amide bonds. The van der Waals surface area contributed by atoms with Gasteiger partial charge in [-0.1, -0.05) is 18.2 Å². The van der Waals surface area contributed by atoms with Crippen molar-refractivity contribution in [2.75, 3.05) is 13.1 Å². The Bertz CT molecular complexity index is 1330. The zero-order valence-corrected chi connectivity index (χ0v) is 24.2. The summed E-state index contributed by atoms with van der Waals surface area (Å²) < 4.78 is 0. The fraction of sp³-hybridized carbons (Fsp3) is 0.483. The van der Waals surface area contributed by atoms with Crippen molar-refractivity contribution < 1.29 is 24.3 Å². The quantitative estimate of drug-likeness (QED) is 0.0829. The van der Waals surface area contributed by atoms with Crippen molar-refractivity contribution in [3.63, 3.8) is 0 Å². The van der Waals surface area contributed by atoms with E-state index in [0.717, 1.165) is 16.5 Å². The Labute approximate surface area is 249 Å². The first-order chi connectivity index (χ1) is 20.7. The summed E-state index contributed by atoms with van der Waals surface area (Å²) in [6.07, 6.45) is 7.82. The van der Waals surface area contributed by atoms with Crippen molar-refractivity contribution >= 4 is 34.6 Å². The van der Waals surface area contributed by atoms with Crippen LogP contribution in [0.2, 0.25) is 0 Å². The molecule has 3 rings (SSSR count). The Morgan fingerprint density at radius 2 is 1.44 bits per heavy atom. The lowest BCUT2D eigenvalue weighted by Gasteiger charge is -2.25. The summed E-state index contributed by atoms with van der Waals surface area (Å²) in [4.78, 5) is 61.9. The van der Waals surface area contributed by atoms with Crippen molar-refractivity contribution in [2.24, 2.45) is 17.2 Å². The highest BCUT2D eigenvalue weighted by atomic mass is 16.4. The highest BCUT2D eigenvalue weighted by Gasteiger charge is 2.31. The Morgan fingerprint density at radius 3 is 2.09 bits per heavy atom. The molecule has 2 heterocycles. The number of H-pyrrole nitrogens is 2. The molecule has 12 N–H and O–H groups in total. The van der Waals surface area contributed by atoms with E-state index < -0.39 is 47.9 Å². The van der Waals surface area contributed by atoms with Gasteiger partial charge in [-0.05, 0) is 63.2 Å². The number of carbonyl (C=O) groups excluding carboxylic acids is 3. The predicted molar refractivity (Wildman–Crippen MR) is 162 cm³/mol. The maximum Gasteiger partial charge on any atom is 0.326 e. The molecule has 0 aliphatic rings. The molecule has 43 heavy (non-hydrogen) atoms. The Kier molecular flexibility index (Phi) is 13.1. The number of para-hydroxylation sites is 1. The molecule has 14 nitrogen and oxygen atoms in total. The van der Waals surface area contributed by atoms with Crippen LogP contribution in [0.1, 0.15) is 49.8 Å². The molecular formula is C29H43N9O5. The number of imidazole rings is 1.